The molecule has 0 aromatic heterocycles. The van der Waals surface area contributed by atoms with Crippen molar-refractivity contribution in [2.24, 2.45) is 5.92 Å². The van der Waals surface area contributed by atoms with Crippen molar-refractivity contribution in [2.75, 3.05) is 20.3 Å². The minimum Gasteiger partial charge on any atom is -0.497 e. The van der Waals surface area contributed by atoms with E-state index in [0.29, 0.717) is 12.5 Å². The summed E-state index contributed by atoms with van der Waals surface area (Å²) in [5, 5.41) is 11.9. The number of aliphatic hydroxyl groups is 1. The second-order valence-corrected chi connectivity index (χ2v) is 5.02. The normalized spacial score (nSPS) is 12.3. The maximum atomic E-state index is 11.8. The van der Waals surface area contributed by atoms with Crippen LogP contribution in [0.25, 0.3) is 6.08 Å². The predicted molar refractivity (Wildman–Crippen MR) is 85.1 cm³/mol. The molecule has 0 fully saturated rings. The van der Waals surface area contributed by atoms with Gasteiger partial charge in [0, 0.05) is 19.2 Å². The van der Waals surface area contributed by atoms with Crippen LogP contribution in [0.4, 0.5) is 0 Å². The molecule has 0 aliphatic rings. The van der Waals surface area contributed by atoms with Crippen LogP contribution in [0.1, 0.15) is 31.7 Å². The summed E-state index contributed by atoms with van der Waals surface area (Å²) in [6.45, 7) is 2.88. The molecule has 4 heteroatoms. The van der Waals surface area contributed by atoms with E-state index < -0.39 is 0 Å². The van der Waals surface area contributed by atoms with Crippen molar-refractivity contribution in [3.05, 3.63) is 35.9 Å². The molecule has 4 nitrogen and oxygen atoms in total. The summed E-state index contributed by atoms with van der Waals surface area (Å²) in [7, 11) is 1.62. The van der Waals surface area contributed by atoms with Gasteiger partial charge in [0.2, 0.25) is 5.91 Å². The van der Waals surface area contributed by atoms with E-state index in [9.17, 15) is 4.79 Å². The second kappa shape index (κ2) is 10.00. The number of methoxy groups -OCH3 is 1. The third-order valence-electron chi connectivity index (χ3n) is 3.32. The number of carbonyl (C=O) groups excluding carboxylic acids is 1. The van der Waals surface area contributed by atoms with Crippen LogP contribution < -0.4 is 10.1 Å². The molecule has 0 saturated carbocycles. The number of rotatable bonds is 9. The highest BCUT2D eigenvalue weighted by molar-refractivity contribution is 5.91. The molecule has 0 spiro atoms. The Morgan fingerprint density at radius 3 is 2.90 bits per heavy atom. The lowest BCUT2D eigenvalue weighted by molar-refractivity contribution is -0.116. The molecule has 0 aliphatic carbocycles. The highest BCUT2D eigenvalue weighted by atomic mass is 16.5. The molecule has 0 radical (unpaired) electrons. The zero-order valence-electron chi connectivity index (χ0n) is 12.8. The van der Waals surface area contributed by atoms with Crippen LogP contribution >= 0.6 is 0 Å². The van der Waals surface area contributed by atoms with E-state index in [-0.39, 0.29) is 12.5 Å². The SMILES string of the molecule is CCCC(CCO)CNC(=O)/C=C/c1cccc(OC)c1. The number of benzene rings is 1. The van der Waals surface area contributed by atoms with Gasteiger partial charge in [0.05, 0.1) is 7.11 Å². The third-order valence-corrected chi connectivity index (χ3v) is 3.32. The number of aliphatic hydroxyl groups excluding tert-OH is 1. The van der Waals surface area contributed by atoms with Crippen LogP contribution in [-0.4, -0.2) is 31.3 Å². The zero-order valence-corrected chi connectivity index (χ0v) is 12.8. The Morgan fingerprint density at radius 1 is 1.43 bits per heavy atom. The topological polar surface area (TPSA) is 58.6 Å². The van der Waals surface area contributed by atoms with E-state index in [0.717, 1.165) is 30.6 Å². The van der Waals surface area contributed by atoms with Crippen molar-refractivity contribution in [1.82, 2.24) is 5.32 Å². The summed E-state index contributed by atoms with van der Waals surface area (Å²) in [6, 6.07) is 7.53. The van der Waals surface area contributed by atoms with Gasteiger partial charge in [-0.2, -0.15) is 0 Å². The molecule has 1 atom stereocenters. The molecule has 1 aromatic carbocycles. The van der Waals surface area contributed by atoms with E-state index >= 15 is 0 Å². The Labute approximate surface area is 126 Å². The Kier molecular flexibility index (Phi) is 8.21. The number of nitrogens with one attached hydrogen (secondary N) is 1. The molecule has 1 unspecified atom stereocenters. The third kappa shape index (κ3) is 6.95. The van der Waals surface area contributed by atoms with Gasteiger partial charge >= 0.3 is 0 Å². The predicted octanol–water partition coefficient (Wildman–Crippen LogP) is 2.62. The zero-order chi connectivity index (χ0) is 15.5. The van der Waals surface area contributed by atoms with Crippen molar-refractivity contribution >= 4 is 12.0 Å². The first-order valence-electron chi connectivity index (χ1n) is 7.40. The minimum atomic E-state index is -0.114. The molecule has 0 saturated heterocycles. The van der Waals surface area contributed by atoms with Crippen LogP contribution in [0.2, 0.25) is 0 Å². The molecule has 1 amide bonds. The molecule has 2 N–H and O–H groups in total. The molecule has 116 valence electrons. The summed E-state index contributed by atoms with van der Waals surface area (Å²) in [5.41, 5.74) is 0.921. The monoisotopic (exact) mass is 291 g/mol. The Morgan fingerprint density at radius 2 is 2.24 bits per heavy atom. The molecule has 0 bridgehead atoms. The lowest BCUT2D eigenvalue weighted by Gasteiger charge is -2.14. The highest BCUT2D eigenvalue weighted by Crippen LogP contribution is 2.13. The minimum absolute atomic E-state index is 0.114. The van der Waals surface area contributed by atoms with Crippen LogP contribution in [-0.2, 0) is 4.79 Å². The maximum Gasteiger partial charge on any atom is 0.244 e. The molecular formula is C17H25NO3. The van der Waals surface area contributed by atoms with Gasteiger partial charge in [-0.25, -0.2) is 0 Å². The molecule has 1 aromatic rings. The van der Waals surface area contributed by atoms with Gasteiger partial charge in [0.25, 0.3) is 0 Å². The number of ether oxygens (including phenoxy) is 1. The number of hydrogen-bond donors (Lipinski definition) is 2. The lowest BCUT2D eigenvalue weighted by atomic mass is 10.0. The summed E-state index contributed by atoms with van der Waals surface area (Å²) >= 11 is 0. The largest absolute Gasteiger partial charge is 0.497 e. The van der Waals surface area contributed by atoms with Crippen LogP contribution in [0.3, 0.4) is 0 Å². The average molecular weight is 291 g/mol. The van der Waals surface area contributed by atoms with Gasteiger partial charge in [0.15, 0.2) is 0 Å². The summed E-state index contributed by atoms with van der Waals surface area (Å²) in [4.78, 5) is 11.8. The fourth-order valence-electron chi connectivity index (χ4n) is 2.16. The van der Waals surface area contributed by atoms with Gasteiger partial charge in [-0.3, -0.25) is 4.79 Å². The van der Waals surface area contributed by atoms with Crippen molar-refractivity contribution < 1.29 is 14.6 Å². The van der Waals surface area contributed by atoms with Gasteiger partial charge in [0.1, 0.15) is 5.75 Å². The summed E-state index contributed by atoms with van der Waals surface area (Å²) < 4.78 is 5.14. The Bertz CT molecular complexity index is 451. The van der Waals surface area contributed by atoms with Crippen molar-refractivity contribution in [3.63, 3.8) is 0 Å². The summed E-state index contributed by atoms with van der Waals surface area (Å²) in [6.07, 6.45) is 6.09. The van der Waals surface area contributed by atoms with E-state index in [1.807, 2.05) is 24.3 Å². The summed E-state index contributed by atoms with van der Waals surface area (Å²) in [5.74, 6) is 0.995. The number of carbonyl (C=O) groups is 1. The van der Waals surface area contributed by atoms with Gasteiger partial charge in [-0.15, -0.1) is 0 Å². The first-order chi connectivity index (χ1) is 10.2. The first-order valence-corrected chi connectivity index (χ1v) is 7.40. The lowest BCUT2D eigenvalue weighted by Crippen LogP contribution is -2.28. The molecule has 0 heterocycles. The average Bonchev–Trinajstić information content (AvgIpc) is 2.51. The molecule has 21 heavy (non-hydrogen) atoms. The smallest absolute Gasteiger partial charge is 0.244 e. The standard InChI is InChI=1S/C17H25NO3/c1-3-5-15(10-11-19)13-18-17(20)9-8-14-6-4-7-16(12-14)21-2/h4,6-9,12,15,19H,3,5,10-11,13H2,1-2H3,(H,18,20)/b9-8+. The highest BCUT2D eigenvalue weighted by Gasteiger charge is 2.07. The Hall–Kier alpha value is -1.81. The van der Waals surface area contributed by atoms with E-state index in [1.54, 1.807) is 13.2 Å². The van der Waals surface area contributed by atoms with Crippen molar-refractivity contribution in [2.45, 2.75) is 26.2 Å². The van der Waals surface area contributed by atoms with Crippen molar-refractivity contribution in [1.29, 1.82) is 0 Å². The van der Waals surface area contributed by atoms with E-state index in [2.05, 4.69) is 12.2 Å². The van der Waals surface area contributed by atoms with Gasteiger partial charge in [-0.05, 0) is 42.5 Å². The van der Waals surface area contributed by atoms with Gasteiger partial charge in [-0.1, -0.05) is 25.5 Å². The van der Waals surface area contributed by atoms with Crippen LogP contribution in [0.5, 0.6) is 5.75 Å². The van der Waals surface area contributed by atoms with E-state index in [4.69, 9.17) is 9.84 Å². The van der Waals surface area contributed by atoms with E-state index in [1.165, 1.54) is 6.08 Å². The maximum absolute atomic E-state index is 11.8. The Balaban J connectivity index is 2.46. The number of hydrogen-bond acceptors (Lipinski definition) is 3. The fourth-order valence-corrected chi connectivity index (χ4v) is 2.16. The molecule has 1 rings (SSSR count). The van der Waals surface area contributed by atoms with Crippen LogP contribution in [0, 0.1) is 5.92 Å². The van der Waals surface area contributed by atoms with Crippen molar-refractivity contribution in [3.8, 4) is 5.75 Å². The fraction of sp³-hybridized carbons (Fsp3) is 0.471. The molecular weight excluding hydrogens is 266 g/mol. The van der Waals surface area contributed by atoms with Gasteiger partial charge < -0.3 is 15.2 Å². The molecule has 0 aliphatic heterocycles. The number of amides is 1. The quantitative estimate of drug-likeness (QED) is 0.688. The second-order valence-electron chi connectivity index (χ2n) is 5.02. The first kappa shape index (κ1) is 17.2. The van der Waals surface area contributed by atoms with Crippen LogP contribution in [0.15, 0.2) is 30.3 Å².